The average Bonchev–Trinajstić information content (AvgIpc) is 3.32. The van der Waals surface area contributed by atoms with Gasteiger partial charge in [0.05, 0.1) is 40.8 Å². The first-order valence-electron chi connectivity index (χ1n) is 12.1. The number of pyridine rings is 2. The van der Waals surface area contributed by atoms with Crippen LogP contribution >= 0.6 is 11.6 Å². The molecule has 2 aliphatic heterocycles. The summed E-state index contributed by atoms with van der Waals surface area (Å²) in [6, 6.07) is 8.74. The summed E-state index contributed by atoms with van der Waals surface area (Å²) < 4.78 is 45.4. The molecule has 13 heteroatoms. The van der Waals surface area contributed by atoms with E-state index in [0.29, 0.717) is 36.8 Å². The third-order valence-corrected chi connectivity index (χ3v) is 6.87. The summed E-state index contributed by atoms with van der Waals surface area (Å²) in [5.41, 5.74) is -1.30. The van der Waals surface area contributed by atoms with Crippen molar-refractivity contribution in [3.8, 4) is 17.0 Å². The van der Waals surface area contributed by atoms with Crippen LogP contribution in [-0.4, -0.2) is 64.2 Å². The van der Waals surface area contributed by atoms with Gasteiger partial charge in [-0.3, -0.25) is 10.2 Å². The lowest BCUT2D eigenvalue weighted by Gasteiger charge is -2.36. The van der Waals surface area contributed by atoms with Gasteiger partial charge in [0.15, 0.2) is 5.82 Å². The van der Waals surface area contributed by atoms with Crippen LogP contribution < -0.4 is 19.9 Å². The molecule has 2 aromatic heterocycles. The number of halogens is 4. The Balaban J connectivity index is 1.41. The van der Waals surface area contributed by atoms with Gasteiger partial charge in [-0.05, 0) is 43.7 Å². The second-order valence-electron chi connectivity index (χ2n) is 9.75. The Bertz CT molecular complexity index is 1390. The number of hydrogen-bond donors (Lipinski definition) is 3. The molecule has 2 aliphatic rings. The molecule has 0 spiro atoms. The van der Waals surface area contributed by atoms with Gasteiger partial charge in [-0.1, -0.05) is 23.7 Å². The van der Waals surface area contributed by atoms with Gasteiger partial charge in [0.1, 0.15) is 23.8 Å². The second kappa shape index (κ2) is 10.2. The van der Waals surface area contributed by atoms with Crippen LogP contribution in [0.1, 0.15) is 18.9 Å². The quantitative estimate of drug-likeness (QED) is 0.403. The highest BCUT2D eigenvalue weighted by Gasteiger charge is 2.41. The fourth-order valence-electron chi connectivity index (χ4n) is 4.52. The van der Waals surface area contributed by atoms with Crippen LogP contribution in [0.5, 0.6) is 5.75 Å². The minimum absolute atomic E-state index is 0.139. The zero-order valence-electron chi connectivity index (χ0n) is 20.7. The molecule has 2 amide bonds. The summed E-state index contributed by atoms with van der Waals surface area (Å²) in [6.45, 7) is 2.03. The minimum Gasteiger partial charge on any atom is -0.489 e. The molecule has 1 aromatic carbocycles. The summed E-state index contributed by atoms with van der Waals surface area (Å²) in [6.07, 6.45) is -2.49. The fourth-order valence-corrected chi connectivity index (χ4v) is 4.78. The van der Waals surface area contributed by atoms with Crippen molar-refractivity contribution in [1.29, 1.82) is 0 Å². The number of nitrogens with one attached hydrogen (secondary N) is 1. The summed E-state index contributed by atoms with van der Waals surface area (Å²) in [5.74, 6) is 0.859. The van der Waals surface area contributed by atoms with E-state index >= 15 is 0 Å². The van der Waals surface area contributed by atoms with Crippen LogP contribution in [-0.2, 0) is 6.18 Å². The zero-order valence-corrected chi connectivity index (χ0v) is 21.5. The molecule has 5 rings (SSSR count). The molecule has 1 unspecified atom stereocenters. The van der Waals surface area contributed by atoms with E-state index in [2.05, 4.69) is 15.3 Å². The Kier molecular flexibility index (Phi) is 7.04. The van der Waals surface area contributed by atoms with Gasteiger partial charge in [-0.15, -0.1) is 0 Å². The van der Waals surface area contributed by atoms with Crippen molar-refractivity contribution in [3.05, 3.63) is 59.2 Å². The molecule has 0 radical (unpaired) electrons. The summed E-state index contributed by atoms with van der Waals surface area (Å²) in [7, 11) is 0. The van der Waals surface area contributed by atoms with Crippen LogP contribution in [0.4, 0.5) is 35.3 Å². The monoisotopic (exact) mass is 563 g/mol. The Hall–Kier alpha value is -3.61. The highest BCUT2D eigenvalue weighted by molar-refractivity contribution is 6.33. The number of alkyl halides is 3. The molecular weight excluding hydrogens is 539 g/mol. The van der Waals surface area contributed by atoms with Crippen molar-refractivity contribution in [2.45, 2.75) is 31.2 Å². The van der Waals surface area contributed by atoms with Crippen molar-refractivity contribution >= 4 is 35.0 Å². The molecule has 1 saturated heterocycles. The number of fused-ring (bicyclic) bond motifs is 4. The smallest absolute Gasteiger partial charge is 0.416 e. The third-order valence-electron chi connectivity index (χ3n) is 6.58. The van der Waals surface area contributed by atoms with E-state index in [1.54, 1.807) is 12.1 Å². The first kappa shape index (κ1) is 27.0. The SMILES string of the molecule is C[C@@](O)(CO)COc1ccc(NC(=O)N2c3nc(-c4cccc(C(F)(F)F)c4)c(Cl)cc3N3CCC2C3)nc1. The van der Waals surface area contributed by atoms with Crippen molar-refractivity contribution in [2.75, 3.05) is 41.4 Å². The minimum atomic E-state index is -4.53. The number of aliphatic hydroxyl groups excluding tert-OH is 1. The summed E-state index contributed by atoms with van der Waals surface area (Å²) in [4.78, 5) is 25.8. The van der Waals surface area contributed by atoms with Crippen molar-refractivity contribution in [3.63, 3.8) is 0 Å². The predicted octanol–water partition coefficient (Wildman–Crippen LogP) is 4.57. The van der Waals surface area contributed by atoms with Crippen LogP contribution in [0.2, 0.25) is 5.02 Å². The number of rotatable bonds is 6. The molecule has 2 atom stereocenters. The number of nitrogens with zero attached hydrogens (tertiary/aromatic N) is 4. The molecule has 4 heterocycles. The molecule has 39 heavy (non-hydrogen) atoms. The number of anilines is 3. The van der Waals surface area contributed by atoms with E-state index in [1.165, 1.54) is 36.2 Å². The first-order chi connectivity index (χ1) is 18.4. The van der Waals surface area contributed by atoms with Crippen LogP contribution in [0.15, 0.2) is 48.7 Å². The Morgan fingerprint density at radius 1 is 1.26 bits per heavy atom. The first-order valence-corrected chi connectivity index (χ1v) is 12.5. The van der Waals surface area contributed by atoms with Crippen LogP contribution in [0.3, 0.4) is 0 Å². The number of carbonyl (C=O) groups is 1. The maximum Gasteiger partial charge on any atom is 0.416 e. The van der Waals surface area contributed by atoms with Gasteiger partial charge in [-0.25, -0.2) is 14.8 Å². The number of aromatic nitrogens is 2. The third kappa shape index (κ3) is 5.58. The summed E-state index contributed by atoms with van der Waals surface area (Å²) in [5, 5.41) is 21.9. The van der Waals surface area contributed by atoms with E-state index in [4.69, 9.17) is 21.4 Å². The Labute approximate surface area is 226 Å². The van der Waals surface area contributed by atoms with E-state index in [0.717, 1.165) is 12.1 Å². The molecular formula is C26H25ClF3N5O4. The maximum absolute atomic E-state index is 13.5. The molecule has 206 valence electrons. The molecule has 0 aliphatic carbocycles. The molecule has 3 N–H and O–H groups in total. The van der Waals surface area contributed by atoms with Crippen LogP contribution in [0.25, 0.3) is 11.3 Å². The largest absolute Gasteiger partial charge is 0.489 e. The number of urea groups is 1. The maximum atomic E-state index is 13.5. The Morgan fingerprint density at radius 3 is 2.74 bits per heavy atom. The highest BCUT2D eigenvalue weighted by atomic mass is 35.5. The average molecular weight is 564 g/mol. The van der Waals surface area contributed by atoms with E-state index in [-0.39, 0.29) is 34.7 Å². The van der Waals surface area contributed by atoms with Gasteiger partial charge >= 0.3 is 12.2 Å². The number of carbonyl (C=O) groups excluding carboxylic acids is 1. The molecule has 9 nitrogen and oxygen atoms in total. The predicted molar refractivity (Wildman–Crippen MR) is 139 cm³/mol. The lowest BCUT2D eigenvalue weighted by Crippen LogP contribution is -2.48. The summed E-state index contributed by atoms with van der Waals surface area (Å²) >= 11 is 6.49. The van der Waals surface area contributed by atoms with Crippen molar-refractivity contribution in [1.82, 2.24) is 9.97 Å². The molecule has 1 fully saturated rings. The number of ether oxygens (including phenoxy) is 1. The second-order valence-corrected chi connectivity index (χ2v) is 10.2. The molecule has 3 aromatic rings. The van der Waals surface area contributed by atoms with Gasteiger partial charge in [-0.2, -0.15) is 13.2 Å². The molecule has 2 bridgehead atoms. The van der Waals surface area contributed by atoms with Gasteiger partial charge in [0.25, 0.3) is 0 Å². The topological polar surface area (TPSA) is 111 Å². The normalized spacial score (nSPS) is 18.0. The highest BCUT2D eigenvalue weighted by Crippen LogP contribution is 2.43. The number of hydrogen-bond acceptors (Lipinski definition) is 7. The van der Waals surface area contributed by atoms with Crippen molar-refractivity contribution < 1.29 is 32.9 Å². The fraction of sp³-hybridized carbons (Fsp3) is 0.346. The Morgan fingerprint density at radius 2 is 2.05 bits per heavy atom. The van der Waals surface area contributed by atoms with E-state index < -0.39 is 30.0 Å². The lowest BCUT2D eigenvalue weighted by atomic mass is 10.1. The van der Waals surface area contributed by atoms with Gasteiger partial charge in [0.2, 0.25) is 0 Å². The number of aliphatic hydroxyl groups is 2. The van der Waals surface area contributed by atoms with Gasteiger partial charge < -0.3 is 19.8 Å². The van der Waals surface area contributed by atoms with Gasteiger partial charge in [0, 0.05) is 18.7 Å². The lowest BCUT2D eigenvalue weighted by molar-refractivity contribution is -0.137. The molecule has 0 saturated carbocycles. The zero-order chi connectivity index (χ0) is 27.9. The van der Waals surface area contributed by atoms with E-state index in [9.17, 15) is 23.1 Å². The number of benzene rings is 1. The standard InChI is InChI=1S/C26H25ClF3N5O4/c1-25(38,13-36)14-39-18-5-6-21(31-11-18)32-24(37)35-17-7-8-34(12-17)20-10-19(27)22(33-23(20)35)15-3-2-4-16(9-15)26(28,29)30/h2-6,9-11,17,36,38H,7-8,12-14H2,1H3,(H,31,32,37)/t17?,25-/m1/s1. The van der Waals surface area contributed by atoms with Crippen LogP contribution in [0, 0.1) is 0 Å². The van der Waals surface area contributed by atoms with Crippen molar-refractivity contribution in [2.24, 2.45) is 0 Å². The van der Waals surface area contributed by atoms with E-state index in [1.807, 2.05) is 4.90 Å². The number of amides is 2.